The average molecular weight is 374 g/mol. The quantitative estimate of drug-likeness (QED) is 0.733. The van der Waals surface area contributed by atoms with Gasteiger partial charge in [0.25, 0.3) is 5.91 Å². The van der Waals surface area contributed by atoms with Gasteiger partial charge in [-0.15, -0.1) is 0 Å². The van der Waals surface area contributed by atoms with Crippen LogP contribution in [-0.2, 0) is 14.3 Å². The number of halogens is 1. The maximum Gasteiger partial charge on any atom is 0.413 e. The summed E-state index contributed by atoms with van der Waals surface area (Å²) >= 11 is 6.11. The monoisotopic (exact) mass is 373 g/mol. The molecular formula is C16H20ClNO7. The Balaban J connectivity index is 2.77. The summed E-state index contributed by atoms with van der Waals surface area (Å²) < 4.78 is 20.1. The number of ether oxygens (including phenoxy) is 4. The van der Waals surface area contributed by atoms with Gasteiger partial charge in [0.1, 0.15) is 0 Å². The Kier molecular flexibility index (Phi) is 8.00. The van der Waals surface area contributed by atoms with Crippen molar-refractivity contribution in [2.24, 2.45) is 0 Å². The van der Waals surface area contributed by atoms with Gasteiger partial charge in [-0.05, 0) is 32.9 Å². The lowest BCUT2D eigenvalue weighted by molar-refractivity contribution is -0.123. The molecule has 0 fully saturated rings. The van der Waals surface area contributed by atoms with Crippen molar-refractivity contribution in [2.45, 2.75) is 26.9 Å². The van der Waals surface area contributed by atoms with Crippen LogP contribution in [0.5, 0.6) is 11.5 Å². The minimum Gasteiger partial charge on any atom is -0.493 e. The van der Waals surface area contributed by atoms with Crippen LogP contribution in [0.1, 0.15) is 31.1 Å². The molecule has 0 heterocycles. The van der Waals surface area contributed by atoms with Crippen molar-refractivity contribution in [3.05, 3.63) is 22.7 Å². The third-order valence-electron chi connectivity index (χ3n) is 2.67. The van der Waals surface area contributed by atoms with E-state index in [0.717, 1.165) is 0 Å². The normalized spacial score (nSPS) is 10.2. The zero-order valence-electron chi connectivity index (χ0n) is 14.4. The highest BCUT2D eigenvalue weighted by atomic mass is 35.5. The van der Waals surface area contributed by atoms with Gasteiger partial charge in [0.05, 0.1) is 30.4 Å². The number of carbonyl (C=O) groups is 3. The highest BCUT2D eigenvalue weighted by molar-refractivity contribution is 6.32. The summed E-state index contributed by atoms with van der Waals surface area (Å²) in [5.41, 5.74) is 0.0712. The maximum absolute atomic E-state index is 12.0. The lowest BCUT2D eigenvalue weighted by Crippen LogP contribution is -2.34. The van der Waals surface area contributed by atoms with Crippen LogP contribution in [0.2, 0.25) is 5.02 Å². The number of hydrogen-bond acceptors (Lipinski definition) is 7. The minimum atomic E-state index is -0.913. The highest BCUT2D eigenvalue weighted by Crippen LogP contribution is 2.37. The van der Waals surface area contributed by atoms with Gasteiger partial charge in [-0.3, -0.25) is 10.1 Å². The average Bonchev–Trinajstić information content (AvgIpc) is 2.54. The zero-order chi connectivity index (χ0) is 19.0. The van der Waals surface area contributed by atoms with Crippen molar-refractivity contribution < 1.29 is 33.3 Å². The van der Waals surface area contributed by atoms with E-state index in [2.05, 4.69) is 4.74 Å². The fourth-order valence-electron chi connectivity index (χ4n) is 1.72. The second-order valence-corrected chi connectivity index (χ2v) is 5.41. The van der Waals surface area contributed by atoms with Gasteiger partial charge in [-0.1, -0.05) is 11.6 Å². The van der Waals surface area contributed by atoms with Crippen LogP contribution in [0.25, 0.3) is 0 Å². The third-order valence-corrected chi connectivity index (χ3v) is 2.95. The van der Waals surface area contributed by atoms with Crippen LogP contribution >= 0.6 is 11.6 Å². The summed E-state index contributed by atoms with van der Waals surface area (Å²) in [6.45, 7) is 4.69. The van der Waals surface area contributed by atoms with Gasteiger partial charge in [0.15, 0.2) is 18.1 Å². The molecule has 138 valence electrons. The molecule has 2 amide bonds. The van der Waals surface area contributed by atoms with Gasteiger partial charge >= 0.3 is 12.1 Å². The summed E-state index contributed by atoms with van der Waals surface area (Å²) in [5, 5.41) is 2.07. The molecule has 0 radical (unpaired) electrons. The van der Waals surface area contributed by atoms with E-state index in [1.165, 1.54) is 19.2 Å². The van der Waals surface area contributed by atoms with Gasteiger partial charge in [-0.2, -0.15) is 0 Å². The summed E-state index contributed by atoms with van der Waals surface area (Å²) in [5.74, 6) is -1.07. The Morgan fingerprint density at radius 2 is 1.88 bits per heavy atom. The molecule has 0 aliphatic heterocycles. The van der Waals surface area contributed by atoms with E-state index >= 15 is 0 Å². The first-order valence-electron chi connectivity index (χ1n) is 7.46. The molecule has 9 heteroatoms. The molecule has 1 N–H and O–H groups in total. The molecule has 25 heavy (non-hydrogen) atoms. The predicted octanol–water partition coefficient (Wildman–Crippen LogP) is 2.57. The molecule has 1 rings (SSSR count). The van der Waals surface area contributed by atoms with Crippen molar-refractivity contribution in [1.82, 2.24) is 5.32 Å². The highest BCUT2D eigenvalue weighted by Gasteiger charge is 2.19. The van der Waals surface area contributed by atoms with Gasteiger partial charge < -0.3 is 18.9 Å². The van der Waals surface area contributed by atoms with E-state index in [4.69, 9.17) is 25.8 Å². The van der Waals surface area contributed by atoms with Crippen molar-refractivity contribution in [2.75, 3.05) is 20.3 Å². The number of hydrogen-bond donors (Lipinski definition) is 1. The molecule has 0 atom stereocenters. The smallest absolute Gasteiger partial charge is 0.413 e. The second kappa shape index (κ2) is 9.73. The maximum atomic E-state index is 12.0. The standard InChI is InChI=1S/C16H20ClNO7/c1-5-23-16(21)18-13(19)8-24-15(20)10-6-11(17)14(25-9(2)3)12(7-10)22-4/h6-7,9H,5,8H2,1-4H3,(H,18,19,21). The lowest BCUT2D eigenvalue weighted by atomic mass is 10.2. The van der Waals surface area contributed by atoms with Gasteiger partial charge in [0.2, 0.25) is 0 Å². The number of imide groups is 1. The Bertz CT molecular complexity index is 646. The van der Waals surface area contributed by atoms with Crippen LogP contribution in [0, 0.1) is 0 Å². The SMILES string of the molecule is CCOC(=O)NC(=O)COC(=O)c1cc(Cl)c(OC(C)C)c(OC)c1. The molecule has 0 spiro atoms. The van der Waals surface area contributed by atoms with Crippen LogP contribution in [0.15, 0.2) is 12.1 Å². The number of benzene rings is 1. The molecule has 8 nitrogen and oxygen atoms in total. The molecule has 1 aromatic rings. The van der Waals surface area contributed by atoms with Crippen molar-refractivity contribution in [3.8, 4) is 11.5 Å². The number of esters is 1. The van der Waals surface area contributed by atoms with E-state index in [9.17, 15) is 14.4 Å². The molecule has 0 aromatic heterocycles. The Morgan fingerprint density at radius 3 is 2.44 bits per heavy atom. The summed E-state index contributed by atoms with van der Waals surface area (Å²) in [6.07, 6.45) is -1.06. The number of rotatable bonds is 7. The first kappa shape index (κ1) is 20.6. The Morgan fingerprint density at radius 1 is 1.20 bits per heavy atom. The first-order valence-corrected chi connectivity index (χ1v) is 7.84. The van der Waals surface area contributed by atoms with E-state index < -0.39 is 24.6 Å². The number of amides is 2. The second-order valence-electron chi connectivity index (χ2n) is 5.00. The largest absolute Gasteiger partial charge is 0.493 e. The van der Waals surface area contributed by atoms with Crippen molar-refractivity contribution in [1.29, 1.82) is 0 Å². The number of carbonyl (C=O) groups excluding carboxylic acids is 3. The number of alkyl carbamates (subject to hydrolysis) is 1. The zero-order valence-corrected chi connectivity index (χ0v) is 15.1. The summed E-state index contributed by atoms with van der Waals surface area (Å²) in [7, 11) is 1.40. The molecule has 0 aliphatic rings. The predicted molar refractivity (Wildman–Crippen MR) is 89.2 cm³/mol. The fourth-order valence-corrected chi connectivity index (χ4v) is 1.97. The summed E-state index contributed by atoms with van der Waals surface area (Å²) in [4.78, 5) is 34.6. The number of methoxy groups -OCH3 is 1. The topological polar surface area (TPSA) is 100 Å². The number of nitrogens with one attached hydrogen (secondary N) is 1. The third kappa shape index (κ3) is 6.50. The molecule has 0 aliphatic carbocycles. The van der Waals surface area contributed by atoms with Crippen molar-refractivity contribution in [3.63, 3.8) is 0 Å². The molecule has 0 saturated carbocycles. The lowest BCUT2D eigenvalue weighted by Gasteiger charge is -2.16. The minimum absolute atomic E-state index is 0.0712. The Labute approximate surface area is 150 Å². The van der Waals surface area contributed by atoms with E-state index in [1.807, 2.05) is 19.2 Å². The van der Waals surface area contributed by atoms with Gasteiger partial charge in [-0.25, -0.2) is 9.59 Å². The van der Waals surface area contributed by atoms with E-state index in [-0.39, 0.29) is 29.0 Å². The molecular weight excluding hydrogens is 354 g/mol. The summed E-state index contributed by atoms with van der Waals surface area (Å²) in [6, 6.07) is 2.72. The molecule has 0 unspecified atom stereocenters. The van der Waals surface area contributed by atoms with Crippen LogP contribution in [0.4, 0.5) is 4.79 Å². The van der Waals surface area contributed by atoms with E-state index in [0.29, 0.717) is 5.75 Å². The van der Waals surface area contributed by atoms with Crippen LogP contribution in [0.3, 0.4) is 0 Å². The molecule has 0 bridgehead atoms. The Hall–Kier alpha value is -2.48. The fraction of sp³-hybridized carbons (Fsp3) is 0.438. The van der Waals surface area contributed by atoms with E-state index in [1.54, 1.807) is 6.92 Å². The molecule has 1 aromatic carbocycles. The van der Waals surface area contributed by atoms with Gasteiger partial charge in [0, 0.05) is 0 Å². The van der Waals surface area contributed by atoms with Crippen LogP contribution in [-0.4, -0.2) is 44.4 Å². The first-order chi connectivity index (χ1) is 11.8. The molecule has 0 saturated heterocycles. The van der Waals surface area contributed by atoms with Crippen molar-refractivity contribution >= 4 is 29.6 Å². The van der Waals surface area contributed by atoms with Crippen LogP contribution < -0.4 is 14.8 Å².